The molecule has 0 aromatic heterocycles. The highest BCUT2D eigenvalue weighted by Crippen LogP contribution is 2.19. The minimum Gasteiger partial charge on any atom is -0.356 e. The van der Waals surface area contributed by atoms with Crippen LogP contribution in [0.1, 0.15) is 43.7 Å². The number of piperidine rings is 1. The molecule has 1 heterocycles. The Morgan fingerprint density at radius 1 is 1.27 bits per heavy atom. The van der Waals surface area contributed by atoms with E-state index in [-0.39, 0.29) is 17.7 Å². The summed E-state index contributed by atoms with van der Waals surface area (Å²) in [6.45, 7) is 4.19. The smallest absolute Gasteiger partial charge is 0.232 e. The SMILES string of the molecule is CCCCNC(=O)C1CCN(C(=O)CSCc2ccc(C#N)cc2)CC1. The van der Waals surface area contributed by atoms with Gasteiger partial charge in [-0.1, -0.05) is 25.5 Å². The number of nitrogens with zero attached hydrogens (tertiary/aromatic N) is 2. The standard InChI is InChI=1S/C20H27N3O2S/c1-2-3-10-22-20(25)18-8-11-23(12-9-18)19(24)15-26-14-17-6-4-16(13-21)5-7-17/h4-7,18H,2-3,8-12,14-15H2,1H3,(H,22,25). The largest absolute Gasteiger partial charge is 0.356 e. The zero-order valence-electron chi connectivity index (χ0n) is 15.4. The molecule has 1 aliphatic rings. The summed E-state index contributed by atoms with van der Waals surface area (Å²) >= 11 is 1.59. The van der Waals surface area contributed by atoms with E-state index in [0.717, 1.165) is 43.5 Å². The normalized spacial score (nSPS) is 14.7. The molecule has 0 saturated carbocycles. The second-order valence-corrected chi connectivity index (χ2v) is 7.59. The molecule has 0 radical (unpaired) electrons. The number of benzene rings is 1. The van der Waals surface area contributed by atoms with E-state index in [1.165, 1.54) is 0 Å². The van der Waals surface area contributed by atoms with Crippen LogP contribution in [-0.2, 0) is 15.3 Å². The van der Waals surface area contributed by atoms with Crippen molar-refractivity contribution in [3.8, 4) is 6.07 Å². The van der Waals surface area contributed by atoms with Crippen LogP contribution < -0.4 is 5.32 Å². The summed E-state index contributed by atoms with van der Waals surface area (Å²) in [6.07, 6.45) is 3.60. The van der Waals surface area contributed by atoms with Gasteiger partial charge in [0, 0.05) is 31.3 Å². The minimum absolute atomic E-state index is 0.0437. The molecule has 1 aromatic rings. The van der Waals surface area contributed by atoms with E-state index in [2.05, 4.69) is 18.3 Å². The molecule has 5 nitrogen and oxygen atoms in total. The number of carbonyl (C=O) groups is 2. The lowest BCUT2D eigenvalue weighted by Crippen LogP contribution is -2.43. The van der Waals surface area contributed by atoms with E-state index in [9.17, 15) is 9.59 Å². The van der Waals surface area contributed by atoms with Crippen LogP contribution in [0, 0.1) is 17.2 Å². The van der Waals surface area contributed by atoms with Gasteiger partial charge >= 0.3 is 0 Å². The molecule has 1 aliphatic heterocycles. The van der Waals surface area contributed by atoms with Gasteiger partial charge in [-0.25, -0.2) is 0 Å². The molecule has 1 fully saturated rings. The van der Waals surface area contributed by atoms with Crippen LogP contribution in [0.3, 0.4) is 0 Å². The number of hydrogen-bond acceptors (Lipinski definition) is 4. The molecule has 26 heavy (non-hydrogen) atoms. The van der Waals surface area contributed by atoms with Crippen molar-refractivity contribution in [2.75, 3.05) is 25.4 Å². The maximum atomic E-state index is 12.3. The van der Waals surface area contributed by atoms with Gasteiger partial charge in [0.15, 0.2) is 0 Å². The predicted octanol–water partition coefficient (Wildman–Crippen LogP) is 2.95. The number of amides is 2. The van der Waals surface area contributed by atoms with Crippen molar-refractivity contribution < 1.29 is 9.59 Å². The van der Waals surface area contributed by atoms with Gasteiger partial charge in [0.2, 0.25) is 11.8 Å². The molecular weight excluding hydrogens is 346 g/mol. The van der Waals surface area contributed by atoms with Gasteiger partial charge in [-0.2, -0.15) is 5.26 Å². The quantitative estimate of drug-likeness (QED) is 0.711. The van der Waals surface area contributed by atoms with Crippen LogP contribution in [0.25, 0.3) is 0 Å². The van der Waals surface area contributed by atoms with Crippen molar-refractivity contribution in [3.63, 3.8) is 0 Å². The summed E-state index contributed by atoms with van der Waals surface area (Å²) < 4.78 is 0. The van der Waals surface area contributed by atoms with E-state index in [0.29, 0.717) is 24.4 Å². The Bertz CT molecular complexity index is 631. The summed E-state index contributed by atoms with van der Waals surface area (Å²) in [5, 5.41) is 11.8. The first-order chi connectivity index (χ1) is 12.6. The Kier molecular flexibility index (Phi) is 8.49. The molecule has 6 heteroatoms. The number of likely N-dealkylation sites (tertiary alicyclic amines) is 1. The highest BCUT2D eigenvalue weighted by Gasteiger charge is 2.26. The van der Waals surface area contributed by atoms with Crippen LogP contribution in [0.2, 0.25) is 0 Å². The third-order valence-corrected chi connectivity index (χ3v) is 5.61. The molecule has 0 spiro atoms. The van der Waals surface area contributed by atoms with Crippen molar-refractivity contribution in [3.05, 3.63) is 35.4 Å². The Labute approximate surface area is 160 Å². The Balaban J connectivity index is 1.66. The number of rotatable bonds is 8. The number of hydrogen-bond donors (Lipinski definition) is 1. The molecule has 0 bridgehead atoms. The zero-order chi connectivity index (χ0) is 18.8. The van der Waals surface area contributed by atoms with E-state index < -0.39 is 0 Å². The lowest BCUT2D eigenvalue weighted by atomic mass is 9.96. The predicted molar refractivity (Wildman–Crippen MR) is 105 cm³/mol. The van der Waals surface area contributed by atoms with Crippen molar-refractivity contribution in [2.45, 2.75) is 38.4 Å². The average Bonchev–Trinajstić information content (AvgIpc) is 2.68. The van der Waals surface area contributed by atoms with Crippen LogP contribution in [-0.4, -0.2) is 42.1 Å². The fourth-order valence-corrected chi connectivity index (χ4v) is 3.83. The van der Waals surface area contributed by atoms with E-state index >= 15 is 0 Å². The van der Waals surface area contributed by atoms with Crippen LogP contribution >= 0.6 is 11.8 Å². The lowest BCUT2D eigenvalue weighted by Gasteiger charge is -2.31. The number of carbonyl (C=O) groups excluding carboxylic acids is 2. The Morgan fingerprint density at radius 2 is 1.96 bits per heavy atom. The van der Waals surface area contributed by atoms with E-state index in [1.807, 2.05) is 17.0 Å². The highest BCUT2D eigenvalue weighted by molar-refractivity contribution is 7.99. The van der Waals surface area contributed by atoms with Crippen molar-refractivity contribution in [2.24, 2.45) is 5.92 Å². The average molecular weight is 374 g/mol. The molecule has 1 saturated heterocycles. The van der Waals surface area contributed by atoms with Gasteiger partial charge in [-0.15, -0.1) is 11.8 Å². The summed E-state index contributed by atoms with van der Waals surface area (Å²) in [7, 11) is 0. The van der Waals surface area contributed by atoms with Gasteiger partial charge in [-0.3, -0.25) is 9.59 Å². The third-order valence-electron chi connectivity index (χ3n) is 4.63. The first kappa shape index (κ1) is 20.3. The molecule has 0 aliphatic carbocycles. The summed E-state index contributed by atoms with van der Waals surface area (Å²) in [4.78, 5) is 26.3. The number of thioether (sulfide) groups is 1. The second kappa shape index (κ2) is 10.9. The summed E-state index contributed by atoms with van der Waals surface area (Å²) in [5.41, 5.74) is 1.76. The molecule has 0 atom stereocenters. The Morgan fingerprint density at radius 3 is 2.58 bits per heavy atom. The number of nitrogens with one attached hydrogen (secondary N) is 1. The van der Waals surface area contributed by atoms with Gasteiger partial charge in [0.25, 0.3) is 0 Å². The van der Waals surface area contributed by atoms with E-state index in [4.69, 9.17) is 5.26 Å². The maximum Gasteiger partial charge on any atom is 0.232 e. The number of nitriles is 1. The topological polar surface area (TPSA) is 73.2 Å². The molecule has 2 rings (SSSR count). The zero-order valence-corrected chi connectivity index (χ0v) is 16.2. The number of unbranched alkanes of at least 4 members (excludes halogenated alkanes) is 1. The third kappa shape index (κ3) is 6.38. The molecule has 1 N–H and O–H groups in total. The monoisotopic (exact) mass is 373 g/mol. The van der Waals surface area contributed by atoms with Gasteiger partial charge in [0.05, 0.1) is 17.4 Å². The maximum absolute atomic E-state index is 12.3. The van der Waals surface area contributed by atoms with Crippen molar-refractivity contribution in [1.29, 1.82) is 5.26 Å². The fourth-order valence-electron chi connectivity index (χ4n) is 2.95. The van der Waals surface area contributed by atoms with Gasteiger partial charge in [0.1, 0.15) is 0 Å². The molecule has 140 valence electrons. The molecule has 0 unspecified atom stereocenters. The summed E-state index contributed by atoms with van der Waals surface area (Å²) in [5.74, 6) is 1.54. The first-order valence-corrected chi connectivity index (χ1v) is 10.4. The molecule has 2 amide bonds. The highest BCUT2D eigenvalue weighted by atomic mass is 32.2. The lowest BCUT2D eigenvalue weighted by molar-refractivity contribution is -0.133. The van der Waals surface area contributed by atoms with Crippen LogP contribution in [0.15, 0.2) is 24.3 Å². The van der Waals surface area contributed by atoms with Crippen molar-refractivity contribution in [1.82, 2.24) is 10.2 Å². The van der Waals surface area contributed by atoms with Gasteiger partial charge < -0.3 is 10.2 Å². The summed E-state index contributed by atoms with van der Waals surface area (Å²) in [6, 6.07) is 9.56. The fraction of sp³-hybridized carbons (Fsp3) is 0.550. The van der Waals surface area contributed by atoms with E-state index in [1.54, 1.807) is 23.9 Å². The Hall–Kier alpha value is -2.00. The molecule has 1 aromatic carbocycles. The second-order valence-electron chi connectivity index (χ2n) is 6.60. The van der Waals surface area contributed by atoms with Gasteiger partial charge in [-0.05, 0) is 37.0 Å². The van der Waals surface area contributed by atoms with Crippen molar-refractivity contribution >= 4 is 23.6 Å². The van der Waals surface area contributed by atoms with Crippen LogP contribution in [0.4, 0.5) is 0 Å². The molecular formula is C20H27N3O2S. The van der Waals surface area contributed by atoms with Crippen LogP contribution in [0.5, 0.6) is 0 Å². The first-order valence-electron chi connectivity index (χ1n) is 9.26. The minimum atomic E-state index is 0.0437.